The van der Waals surface area contributed by atoms with Gasteiger partial charge < -0.3 is 10.5 Å². The summed E-state index contributed by atoms with van der Waals surface area (Å²) in [5.74, 6) is -0.966. The monoisotopic (exact) mass is 279 g/mol. The molecule has 5 heteroatoms. The van der Waals surface area contributed by atoms with Gasteiger partial charge in [-0.2, -0.15) is 0 Å². The van der Waals surface area contributed by atoms with Crippen molar-refractivity contribution in [3.8, 4) is 0 Å². The Kier molecular flexibility index (Phi) is 4.02. The minimum Gasteiger partial charge on any atom is -0.457 e. The number of carbonyl (C=O) groups excluding carboxylic acids is 1. The summed E-state index contributed by atoms with van der Waals surface area (Å²) in [6.45, 7) is -0.0930. The third kappa shape index (κ3) is 3.45. The number of rotatable bonds is 3. The van der Waals surface area contributed by atoms with Gasteiger partial charge in [0.2, 0.25) is 0 Å². The Morgan fingerprint density at radius 1 is 1.26 bits per heavy atom. The zero-order valence-corrected chi connectivity index (χ0v) is 10.7. The summed E-state index contributed by atoms with van der Waals surface area (Å²) in [5, 5.41) is 0.349. The molecule has 0 atom stereocenters. The lowest BCUT2D eigenvalue weighted by atomic mass is 10.2. The molecule has 19 heavy (non-hydrogen) atoms. The fourth-order valence-electron chi connectivity index (χ4n) is 1.55. The second kappa shape index (κ2) is 5.71. The average molecular weight is 280 g/mol. The topological polar surface area (TPSA) is 52.3 Å². The van der Waals surface area contributed by atoms with Crippen molar-refractivity contribution in [2.75, 3.05) is 5.73 Å². The molecule has 2 aromatic carbocycles. The number of hydrogen-bond donors (Lipinski definition) is 1. The van der Waals surface area contributed by atoms with E-state index in [9.17, 15) is 9.18 Å². The fourth-order valence-corrected chi connectivity index (χ4v) is 1.72. The first-order valence-electron chi connectivity index (χ1n) is 5.53. The molecule has 0 fully saturated rings. The van der Waals surface area contributed by atoms with Crippen LogP contribution >= 0.6 is 11.6 Å². The van der Waals surface area contributed by atoms with E-state index in [0.29, 0.717) is 21.8 Å². The first-order valence-corrected chi connectivity index (χ1v) is 5.90. The summed E-state index contributed by atoms with van der Waals surface area (Å²) >= 11 is 5.87. The maximum Gasteiger partial charge on any atom is 0.338 e. The Bertz CT molecular complexity index is 616. The summed E-state index contributed by atoms with van der Waals surface area (Å²) in [7, 11) is 0. The van der Waals surface area contributed by atoms with Crippen LogP contribution in [0.15, 0.2) is 42.5 Å². The van der Waals surface area contributed by atoms with E-state index >= 15 is 0 Å². The Labute approximate surface area is 114 Å². The van der Waals surface area contributed by atoms with Crippen molar-refractivity contribution in [3.63, 3.8) is 0 Å². The highest BCUT2D eigenvalue weighted by Gasteiger charge is 2.09. The molecule has 0 unspecified atom stereocenters. The summed E-state index contributed by atoms with van der Waals surface area (Å²) < 4.78 is 18.1. The molecule has 2 N–H and O–H groups in total. The SMILES string of the molecule is Nc1cccc(C(=O)OCc2cc(F)ccc2Cl)c1. The van der Waals surface area contributed by atoms with Crippen LogP contribution in [0.4, 0.5) is 10.1 Å². The van der Waals surface area contributed by atoms with Crippen molar-refractivity contribution in [2.45, 2.75) is 6.61 Å². The normalized spacial score (nSPS) is 10.2. The van der Waals surface area contributed by atoms with Crippen LogP contribution in [0.1, 0.15) is 15.9 Å². The van der Waals surface area contributed by atoms with E-state index in [1.807, 2.05) is 0 Å². The highest BCUT2D eigenvalue weighted by Crippen LogP contribution is 2.18. The number of carbonyl (C=O) groups is 1. The third-order valence-corrected chi connectivity index (χ3v) is 2.86. The maximum atomic E-state index is 13.0. The molecule has 0 saturated carbocycles. The number of halogens is 2. The van der Waals surface area contributed by atoms with Gasteiger partial charge in [-0.3, -0.25) is 0 Å². The van der Waals surface area contributed by atoms with Crippen LogP contribution in [0, 0.1) is 5.82 Å². The zero-order valence-electron chi connectivity index (χ0n) is 9.90. The second-order valence-electron chi connectivity index (χ2n) is 3.94. The lowest BCUT2D eigenvalue weighted by Crippen LogP contribution is -2.06. The highest BCUT2D eigenvalue weighted by molar-refractivity contribution is 6.31. The van der Waals surface area contributed by atoms with Crippen LogP contribution in [0.5, 0.6) is 0 Å². The number of benzene rings is 2. The molecule has 0 aliphatic heterocycles. The average Bonchev–Trinajstić information content (AvgIpc) is 2.39. The summed E-state index contributed by atoms with van der Waals surface area (Å²) in [6.07, 6.45) is 0. The van der Waals surface area contributed by atoms with Crippen molar-refractivity contribution in [2.24, 2.45) is 0 Å². The van der Waals surface area contributed by atoms with Gasteiger partial charge in [-0.15, -0.1) is 0 Å². The van der Waals surface area contributed by atoms with E-state index in [4.69, 9.17) is 22.1 Å². The molecule has 98 valence electrons. The van der Waals surface area contributed by atoms with E-state index in [2.05, 4.69) is 0 Å². The smallest absolute Gasteiger partial charge is 0.338 e. The van der Waals surface area contributed by atoms with Gasteiger partial charge in [0, 0.05) is 16.3 Å². The third-order valence-electron chi connectivity index (χ3n) is 2.49. The van der Waals surface area contributed by atoms with Crippen molar-refractivity contribution in [1.29, 1.82) is 0 Å². The fraction of sp³-hybridized carbons (Fsp3) is 0.0714. The Hall–Kier alpha value is -2.07. The van der Waals surface area contributed by atoms with Gasteiger partial charge in [0.25, 0.3) is 0 Å². The molecule has 0 spiro atoms. The molecule has 0 aromatic heterocycles. The largest absolute Gasteiger partial charge is 0.457 e. The highest BCUT2D eigenvalue weighted by atomic mass is 35.5. The Morgan fingerprint density at radius 3 is 2.79 bits per heavy atom. The van der Waals surface area contributed by atoms with Crippen molar-refractivity contribution < 1.29 is 13.9 Å². The maximum absolute atomic E-state index is 13.0. The number of anilines is 1. The molecule has 2 rings (SSSR count). The Balaban J connectivity index is 2.06. The first kappa shape index (κ1) is 13.4. The van der Waals surface area contributed by atoms with Crippen LogP contribution in [0.2, 0.25) is 5.02 Å². The molecule has 3 nitrogen and oxygen atoms in total. The summed E-state index contributed by atoms with van der Waals surface area (Å²) in [6, 6.07) is 10.3. The van der Waals surface area contributed by atoms with E-state index in [-0.39, 0.29) is 6.61 Å². The van der Waals surface area contributed by atoms with Gasteiger partial charge in [-0.1, -0.05) is 17.7 Å². The number of nitrogen functional groups attached to an aromatic ring is 1. The van der Waals surface area contributed by atoms with Gasteiger partial charge in [0.1, 0.15) is 12.4 Å². The number of esters is 1. The quantitative estimate of drug-likeness (QED) is 0.692. The van der Waals surface area contributed by atoms with Crippen LogP contribution < -0.4 is 5.73 Å². The predicted molar refractivity (Wildman–Crippen MR) is 71.4 cm³/mol. The minimum absolute atomic E-state index is 0.0930. The van der Waals surface area contributed by atoms with Gasteiger partial charge >= 0.3 is 5.97 Å². The number of hydrogen-bond acceptors (Lipinski definition) is 3. The standard InChI is InChI=1S/C14H11ClFNO2/c15-13-5-4-11(16)6-10(13)8-19-14(18)9-2-1-3-12(17)7-9/h1-7H,8,17H2. The van der Waals surface area contributed by atoms with E-state index in [0.717, 1.165) is 0 Å². The molecule has 0 saturated heterocycles. The number of ether oxygens (including phenoxy) is 1. The van der Waals surface area contributed by atoms with Gasteiger partial charge in [0.15, 0.2) is 0 Å². The first-order chi connectivity index (χ1) is 9.06. The van der Waals surface area contributed by atoms with E-state index in [1.54, 1.807) is 18.2 Å². The molecule has 0 radical (unpaired) electrons. The van der Waals surface area contributed by atoms with Gasteiger partial charge in [0.05, 0.1) is 5.56 Å². The van der Waals surface area contributed by atoms with Crippen LogP contribution in [0.25, 0.3) is 0 Å². The molecule has 0 heterocycles. The molecule has 0 aliphatic rings. The van der Waals surface area contributed by atoms with Crippen molar-refractivity contribution in [3.05, 3.63) is 64.4 Å². The van der Waals surface area contributed by atoms with Crippen LogP contribution in [-0.4, -0.2) is 5.97 Å². The number of nitrogens with two attached hydrogens (primary N) is 1. The Morgan fingerprint density at radius 2 is 2.05 bits per heavy atom. The van der Waals surface area contributed by atoms with Gasteiger partial charge in [-0.05, 0) is 36.4 Å². The van der Waals surface area contributed by atoms with Gasteiger partial charge in [-0.25, -0.2) is 9.18 Å². The van der Waals surface area contributed by atoms with Crippen LogP contribution in [0.3, 0.4) is 0 Å². The van der Waals surface area contributed by atoms with Crippen molar-refractivity contribution in [1.82, 2.24) is 0 Å². The molecular weight excluding hydrogens is 269 g/mol. The minimum atomic E-state index is -0.535. The molecule has 2 aromatic rings. The molecule has 0 bridgehead atoms. The predicted octanol–water partition coefficient (Wildman–Crippen LogP) is 3.42. The van der Waals surface area contributed by atoms with Crippen molar-refractivity contribution >= 4 is 23.3 Å². The second-order valence-corrected chi connectivity index (χ2v) is 4.34. The van der Waals surface area contributed by atoms with E-state index < -0.39 is 11.8 Å². The lowest BCUT2D eigenvalue weighted by Gasteiger charge is -2.07. The van der Waals surface area contributed by atoms with E-state index in [1.165, 1.54) is 24.3 Å². The lowest BCUT2D eigenvalue weighted by molar-refractivity contribution is 0.0472. The molecule has 0 amide bonds. The van der Waals surface area contributed by atoms with Crippen LogP contribution in [-0.2, 0) is 11.3 Å². The summed E-state index contributed by atoms with van der Waals surface area (Å²) in [5.41, 5.74) is 6.80. The molecule has 0 aliphatic carbocycles. The zero-order chi connectivity index (χ0) is 13.8. The molecular formula is C14H11ClFNO2. The summed E-state index contributed by atoms with van der Waals surface area (Å²) in [4.78, 5) is 11.8.